The maximum Gasteiger partial charge on any atom is 0.337 e. The van der Waals surface area contributed by atoms with Crippen LogP contribution >= 0.6 is 0 Å². The molecule has 0 saturated heterocycles. The molecule has 0 aliphatic carbocycles. The Kier molecular flexibility index (Phi) is 5.04. The molecule has 0 aliphatic rings. The van der Waals surface area contributed by atoms with Gasteiger partial charge in [0, 0.05) is 5.39 Å². The Labute approximate surface area is 186 Å². The molecule has 0 radical (unpaired) electrons. The lowest BCUT2D eigenvalue weighted by Crippen LogP contribution is -2.38. The van der Waals surface area contributed by atoms with Crippen molar-refractivity contribution < 1.29 is 9.53 Å². The summed E-state index contributed by atoms with van der Waals surface area (Å²) in [4.78, 5) is 12.1. The Balaban J connectivity index is 1.88. The number of carbonyl (C=O) groups excluding carboxylic acids is 1. The van der Waals surface area contributed by atoms with Crippen LogP contribution in [0.25, 0.3) is 10.9 Å². The second-order valence-corrected chi connectivity index (χ2v) is 7.63. The minimum atomic E-state index is -0.696. The highest BCUT2D eigenvalue weighted by molar-refractivity contribution is 5.94. The van der Waals surface area contributed by atoms with E-state index in [1.807, 2.05) is 36.5 Å². The molecule has 1 heterocycles. The number of methoxy groups -OCH3 is 1. The third-order valence-electron chi connectivity index (χ3n) is 5.88. The lowest BCUT2D eigenvalue weighted by Gasteiger charge is -2.37. The van der Waals surface area contributed by atoms with Gasteiger partial charge in [0.05, 0.1) is 24.4 Å². The van der Waals surface area contributed by atoms with Gasteiger partial charge >= 0.3 is 5.97 Å². The quantitative estimate of drug-likeness (QED) is 0.273. The third-order valence-corrected chi connectivity index (χ3v) is 5.88. The summed E-state index contributed by atoms with van der Waals surface area (Å²) in [5.74, 6) is -0.361. The fourth-order valence-electron chi connectivity index (χ4n) is 4.45. The number of ether oxygens (including phenoxy) is 1. The van der Waals surface area contributed by atoms with E-state index in [1.54, 1.807) is 6.07 Å². The second kappa shape index (κ2) is 8.16. The standard InChI is InChI=1S/C28H22N2O2/c1-32-27(31)21-17-18-26-22(19-21)20-29-30(26)28(23-11-5-2-6-12-23,24-13-7-3-8-14-24)25-15-9-4-10-16-25/h2-20H,1H3. The van der Waals surface area contributed by atoms with Crippen LogP contribution in [-0.4, -0.2) is 22.9 Å². The Morgan fingerprint density at radius 2 is 1.25 bits per heavy atom. The maximum absolute atomic E-state index is 12.1. The van der Waals surface area contributed by atoms with Crippen molar-refractivity contribution in [3.05, 3.63) is 138 Å². The van der Waals surface area contributed by atoms with Crippen LogP contribution in [0.3, 0.4) is 0 Å². The number of rotatable bonds is 5. The summed E-state index contributed by atoms with van der Waals surface area (Å²) < 4.78 is 6.96. The molecule has 4 aromatic carbocycles. The molecule has 4 heteroatoms. The summed E-state index contributed by atoms with van der Waals surface area (Å²) in [7, 11) is 1.39. The van der Waals surface area contributed by atoms with E-state index in [9.17, 15) is 4.79 Å². The second-order valence-electron chi connectivity index (χ2n) is 7.63. The molecule has 32 heavy (non-hydrogen) atoms. The van der Waals surface area contributed by atoms with Gasteiger partial charge in [0.1, 0.15) is 5.54 Å². The largest absolute Gasteiger partial charge is 0.465 e. The molecule has 0 aliphatic heterocycles. The van der Waals surface area contributed by atoms with E-state index >= 15 is 0 Å². The van der Waals surface area contributed by atoms with Gasteiger partial charge in [-0.2, -0.15) is 5.10 Å². The zero-order chi connectivity index (χ0) is 22.0. The maximum atomic E-state index is 12.1. The topological polar surface area (TPSA) is 44.1 Å². The minimum absolute atomic E-state index is 0.361. The normalized spacial score (nSPS) is 11.4. The van der Waals surface area contributed by atoms with E-state index in [0.29, 0.717) is 5.56 Å². The van der Waals surface area contributed by atoms with Crippen LogP contribution in [0.1, 0.15) is 27.0 Å². The number of benzene rings is 4. The molecule has 0 atom stereocenters. The van der Waals surface area contributed by atoms with Crippen LogP contribution in [0, 0.1) is 0 Å². The Hall–Kier alpha value is -4.18. The number of esters is 1. The van der Waals surface area contributed by atoms with Crippen molar-refractivity contribution in [1.82, 2.24) is 9.78 Å². The van der Waals surface area contributed by atoms with Gasteiger partial charge in [-0.15, -0.1) is 0 Å². The van der Waals surface area contributed by atoms with Gasteiger partial charge in [0.2, 0.25) is 0 Å². The van der Waals surface area contributed by atoms with E-state index in [1.165, 1.54) is 7.11 Å². The average Bonchev–Trinajstić information content (AvgIpc) is 3.30. The van der Waals surface area contributed by atoms with Crippen LogP contribution in [0.2, 0.25) is 0 Å². The Bertz CT molecular complexity index is 1260. The molecule has 5 aromatic rings. The number of hydrogen-bond acceptors (Lipinski definition) is 3. The zero-order valence-corrected chi connectivity index (χ0v) is 17.7. The van der Waals surface area contributed by atoms with Crippen molar-refractivity contribution in [1.29, 1.82) is 0 Å². The smallest absolute Gasteiger partial charge is 0.337 e. The first-order valence-corrected chi connectivity index (χ1v) is 10.5. The van der Waals surface area contributed by atoms with Crippen LogP contribution in [0.4, 0.5) is 0 Å². The van der Waals surface area contributed by atoms with Gasteiger partial charge in [-0.3, -0.25) is 0 Å². The molecular weight excluding hydrogens is 396 g/mol. The summed E-state index contributed by atoms with van der Waals surface area (Å²) in [6.07, 6.45) is 1.81. The van der Waals surface area contributed by atoms with Crippen molar-refractivity contribution >= 4 is 16.9 Å². The van der Waals surface area contributed by atoms with Gasteiger partial charge < -0.3 is 4.74 Å². The third kappa shape index (κ3) is 3.08. The minimum Gasteiger partial charge on any atom is -0.465 e. The van der Waals surface area contributed by atoms with Crippen molar-refractivity contribution in [3.63, 3.8) is 0 Å². The molecule has 0 fully saturated rings. The van der Waals surface area contributed by atoms with Crippen molar-refractivity contribution in [2.75, 3.05) is 7.11 Å². The summed E-state index contributed by atoms with van der Waals surface area (Å²) >= 11 is 0. The molecule has 0 spiro atoms. The van der Waals surface area contributed by atoms with E-state index < -0.39 is 5.54 Å². The molecular formula is C28H22N2O2. The molecule has 0 amide bonds. The molecule has 0 bridgehead atoms. The average molecular weight is 418 g/mol. The highest BCUT2D eigenvalue weighted by Crippen LogP contribution is 2.42. The van der Waals surface area contributed by atoms with Crippen LogP contribution in [0.15, 0.2) is 115 Å². The fraction of sp³-hybridized carbons (Fsp3) is 0.0714. The predicted octanol–water partition coefficient (Wildman–Crippen LogP) is 5.66. The van der Waals surface area contributed by atoms with Crippen LogP contribution in [-0.2, 0) is 10.3 Å². The number of carbonyl (C=O) groups is 1. The molecule has 4 nitrogen and oxygen atoms in total. The van der Waals surface area contributed by atoms with E-state index in [2.05, 4.69) is 77.5 Å². The monoisotopic (exact) mass is 418 g/mol. The first-order valence-electron chi connectivity index (χ1n) is 10.5. The summed E-state index contributed by atoms with van der Waals surface area (Å²) in [5.41, 5.74) is 4.02. The van der Waals surface area contributed by atoms with Crippen molar-refractivity contribution in [2.24, 2.45) is 0 Å². The van der Waals surface area contributed by atoms with E-state index in [-0.39, 0.29) is 5.97 Å². The SMILES string of the molecule is COC(=O)c1ccc2c(cnn2C(c2ccccc2)(c2ccccc2)c2ccccc2)c1. The summed E-state index contributed by atoms with van der Waals surface area (Å²) in [6, 6.07) is 36.8. The van der Waals surface area contributed by atoms with Crippen LogP contribution in [0.5, 0.6) is 0 Å². The van der Waals surface area contributed by atoms with Gasteiger partial charge in [0.25, 0.3) is 0 Å². The Morgan fingerprint density at radius 3 is 1.72 bits per heavy atom. The van der Waals surface area contributed by atoms with Gasteiger partial charge in [0.15, 0.2) is 0 Å². The van der Waals surface area contributed by atoms with E-state index in [0.717, 1.165) is 27.6 Å². The number of fused-ring (bicyclic) bond motifs is 1. The summed E-state index contributed by atoms with van der Waals surface area (Å²) in [5, 5.41) is 5.76. The van der Waals surface area contributed by atoms with Crippen molar-refractivity contribution in [2.45, 2.75) is 5.54 Å². The zero-order valence-electron chi connectivity index (χ0n) is 17.7. The number of nitrogens with zero attached hydrogens (tertiary/aromatic N) is 2. The summed E-state index contributed by atoms with van der Waals surface area (Å²) in [6.45, 7) is 0. The fourth-order valence-corrected chi connectivity index (χ4v) is 4.45. The van der Waals surface area contributed by atoms with Gasteiger partial charge in [-0.05, 0) is 34.9 Å². The van der Waals surface area contributed by atoms with Crippen molar-refractivity contribution in [3.8, 4) is 0 Å². The molecule has 0 unspecified atom stereocenters. The number of hydrogen-bond donors (Lipinski definition) is 0. The lowest BCUT2D eigenvalue weighted by molar-refractivity contribution is 0.0601. The highest BCUT2D eigenvalue weighted by atomic mass is 16.5. The molecule has 1 aromatic heterocycles. The molecule has 5 rings (SSSR count). The molecule has 0 saturated carbocycles. The molecule has 156 valence electrons. The lowest BCUT2D eigenvalue weighted by atomic mass is 9.77. The van der Waals surface area contributed by atoms with E-state index in [4.69, 9.17) is 9.84 Å². The van der Waals surface area contributed by atoms with Gasteiger partial charge in [-0.1, -0.05) is 91.0 Å². The molecule has 0 N–H and O–H groups in total. The highest BCUT2D eigenvalue weighted by Gasteiger charge is 2.40. The first-order chi connectivity index (χ1) is 15.7. The number of aromatic nitrogens is 2. The predicted molar refractivity (Wildman–Crippen MR) is 126 cm³/mol. The van der Waals surface area contributed by atoms with Gasteiger partial charge in [-0.25, -0.2) is 9.48 Å². The first kappa shape index (κ1) is 19.8. The Morgan fingerprint density at radius 1 is 0.750 bits per heavy atom. The van der Waals surface area contributed by atoms with Crippen LogP contribution < -0.4 is 0 Å².